The summed E-state index contributed by atoms with van der Waals surface area (Å²) in [5.74, 6) is -0.260. The highest BCUT2D eigenvalue weighted by molar-refractivity contribution is 7.10. The van der Waals surface area contributed by atoms with E-state index in [1.165, 1.54) is 12.1 Å². The summed E-state index contributed by atoms with van der Waals surface area (Å²) in [4.78, 5) is 18.8. The third-order valence-corrected chi connectivity index (χ3v) is 5.38. The number of aromatic amines is 1. The molecular formula is C18H19FN2OS. The van der Waals surface area contributed by atoms with Crippen LogP contribution in [0.2, 0.25) is 0 Å². The van der Waals surface area contributed by atoms with Crippen molar-refractivity contribution < 1.29 is 9.18 Å². The van der Waals surface area contributed by atoms with Crippen molar-refractivity contribution in [1.29, 1.82) is 0 Å². The van der Waals surface area contributed by atoms with E-state index in [1.807, 2.05) is 38.4 Å². The lowest BCUT2D eigenvalue weighted by atomic mass is 10.1. The van der Waals surface area contributed by atoms with Gasteiger partial charge in [-0.2, -0.15) is 0 Å². The molecule has 0 aliphatic carbocycles. The minimum absolute atomic E-state index is 0.0270. The van der Waals surface area contributed by atoms with E-state index in [2.05, 4.69) is 4.98 Å². The molecule has 3 rings (SSSR count). The van der Waals surface area contributed by atoms with Crippen molar-refractivity contribution in [1.82, 2.24) is 9.88 Å². The molecule has 1 atom stereocenters. The largest absolute Gasteiger partial charge is 0.358 e. The molecule has 1 amide bonds. The fourth-order valence-electron chi connectivity index (χ4n) is 2.79. The number of amides is 1. The number of benzene rings is 1. The van der Waals surface area contributed by atoms with E-state index in [4.69, 9.17) is 0 Å². The molecule has 0 aliphatic heterocycles. The summed E-state index contributed by atoms with van der Waals surface area (Å²) < 4.78 is 13.5. The van der Waals surface area contributed by atoms with E-state index >= 15 is 0 Å². The van der Waals surface area contributed by atoms with Crippen LogP contribution in [-0.4, -0.2) is 22.8 Å². The Hall–Kier alpha value is -2.14. The van der Waals surface area contributed by atoms with Crippen LogP contribution < -0.4 is 0 Å². The van der Waals surface area contributed by atoms with Gasteiger partial charge in [-0.15, -0.1) is 11.3 Å². The number of halogens is 1. The molecule has 0 saturated carbocycles. The Balaban J connectivity index is 1.85. The number of H-pyrrole nitrogens is 1. The molecule has 5 heteroatoms. The zero-order valence-corrected chi connectivity index (χ0v) is 14.2. The van der Waals surface area contributed by atoms with E-state index < -0.39 is 0 Å². The molecule has 1 aromatic carbocycles. The summed E-state index contributed by atoms with van der Waals surface area (Å²) in [6.07, 6.45) is 0.265. The fourth-order valence-corrected chi connectivity index (χ4v) is 3.62. The summed E-state index contributed by atoms with van der Waals surface area (Å²) in [6.45, 7) is 3.94. The minimum Gasteiger partial charge on any atom is -0.358 e. The monoisotopic (exact) mass is 330 g/mol. The van der Waals surface area contributed by atoms with Crippen LogP contribution in [0.4, 0.5) is 4.39 Å². The smallest absolute Gasteiger partial charge is 0.227 e. The van der Waals surface area contributed by atoms with E-state index in [0.717, 1.165) is 27.0 Å². The standard InChI is InChI=1S/C18H19FN2OS/c1-11-14(15-9-13(19)6-7-16(15)20-11)10-18(22)21(3)12(2)17-5-4-8-23-17/h4-9,12,20H,10H2,1-3H3. The van der Waals surface area contributed by atoms with E-state index in [-0.39, 0.29) is 24.2 Å². The van der Waals surface area contributed by atoms with Gasteiger partial charge >= 0.3 is 0 Å². The Bertz CT molecular complexity index is 838. The predicted octanol–water partition coefficient (Wildman–Crippen LogP) is 4.44. The maximum Gasteiger partial charge on any atom is 0.227 e. The second-order valence-electron chi connectivity index (χ2n) is 5.79. The number of nitrogens with zero attached hydrogens (tertiary/aromatic N) is 1. The van der Waals surface area contributed by atoms with Gasteiger partial charge in [0.2, 0.25) is 5.91 Å². The van der Waals surface area contributed by atoms with Gasteiger partial charge in [-0.1, -0.05) is 6.07 Å². The van der Waals surface area contributed by atoms with Gasteiger partial charge in [-0.3, -0.25) is 4.79 Å². The number of thiophene rings is 1. The van der Waals surface area contributed by atoms with Crippen LogP contribution in [-0.2, 0) is 11.2 Å². The molecule has 0 aliphatic rings. The number of hydrogen-bond donors (Lipinski definition) is 1. The predicted molar refractivity (Wildman–Crippen MR) is 92.2 cm³/mol. The molecule has 3 nitrogen and oxygen atoms in total. The molecule has 2 aromatic heterocycles. The van der Waals surface area contributed by atoms with Gasteiger partial charge in [0, 0.05) is 28.5 Å². The van der Waals surface area contributed by atoms with Crippen molar-refractivity contribution in [2.24, 2.45) is 0 Å². The molecule has 1 N–H and O–H groups in total. The van der Waals surface area contributed by atoms with Crippen molar-refractivity contribution >= 4 is 28.1 Å². The molecule has 0 saturated heterocycles. The summed E-state index contributed by atoms with van der Waals surface area (Å²) in [5, 5.41) is 2.80. The molecule has 2 heterocycles. The normalized spacial score (nSPS) is 12.5. The van der Waals surface area contributed by atoms with Crippen molar-refractivity contribution in [3.63, 3.8) is 0 Å². The lowest BCUT2D eigenvalue weighted by molar-refractivity contribution is -0.131. The van der Waals surface area contributed by atoms with E-state index in [0.29, 0.717) is 0 Å². The third-order valence-electron chi connectivity index (χ3n) is 4.34. The highest BCUT2D eigenvalue weighted by Crippen LogP contribution is 2.27. The van der Waals surface area contributed by atoms with Crippen LogP contribution in [0.3, 0.4) is 0 Å². The lowest BCUT2D eigenvalue weighted by Gasteiger charge is -2.24. The maximum absolute atomic E-state index is 13.5. The zero-order valence-electron chi connectivity index (χ0n) is 13.4. The van der Waals surface area contributed by atoms with Crippen LogP contribution in [0.1, 0.15) is 29.1 Å². The molecule has 23 heavy (non-hydrogen) atoms. The number of nitrogens with one attached hydrogen (secondary N) is 1. The van der Waals surface area contributed by atoms with Gasteiger partial charge in [0.05, 0.1) is 12.5 Å². The first-order valence-corrected chi connectivity index (χ1v) is 8.41. The Kier molecular flexibility index (Phi) is 4.22. The first-order valence-electron chi connectivity index (χ1n) is 7.53. The number of rotatable bonds is 4. The fraction of sp³-hybridized carbons (Fsp3) is 0.278. The number of likely N-dealkylation sites (N-methyl/N-ethyl adjacent to an activating group) is 1. The number of carbonyl (C=O) groups excluding carboxylic acids is 1. The molecule has 0 bridgehead atoms. The Morgan fingerprint density at radius 1 is 1.39 bits per heavy atom. The second-order valence-corrected chi connectivity index (χ2v) is 6.77. The Morgan fingerprint density at radius 2 is 2.17 bits per heavy atom. The average Bonchev–Trinajstić information content (AvgIpc) is 3.15. The first-order chi connectivity index (χ1) is 11.0. The van der Waals surface area contributed by atoms with Crippen LogP contribution in [0.25, 0.3) is 10.9 Å². The van der Waals surface area contributed by atoms with Gasteiger partial charge in [-0.25, -0.2) is 4.39 Å². The average molecular weight is 330 g/mol. The first kappa shape index (κ1) is 15.7. The zero-order chi connectivity index (χ0) is 16.6. The molecule has 0 spiro atoms. The van der Waals surface area contributed by atoms with Crippen molar-refractivity contribution in [2.45, 2.75) is 26.3 Å². The number of fused-ring (bicyclic) bond motifs is 1. The van der Waals surface area contributed by atoms with E-state index in [9.17, 15) is 9.18 Å². The maximum atomic E-state index is 13.5. The molecule has 0 fully saturated rings. The van der Waals surface area contributed by atoms with Gasteiger partial charge in [0.15, 0.2) is 0 Å². The molecular weight excluding hydrogens is 311 g/mol. The summed E-state index contributed by atoms with van der Waals surface area (Å²) in [5.41, 5.74) is 2.64. The van der Waals surface area contributed by atoms with Crippen molar-refractivity contribution in [3.05, 3.63) is 57.7 Å². The van der Waals surface area contributed by atoms with Crippen molar-refractivity contribution in [2.75, 3.05) is 7.05 Å². The third kappa shape index (κ3) is 3.01. The minimum atomic E-state index is -0.287. The number of aryl methyl sites for hydroxylation is 1. The van der Waals surface area contributed by atoms with Crippen LogP contribution in [0, 0.1) is 12.7 Å². The van der Waals surface area contributed by atoms with Gasteiger partial charge < -0.3 is 9.88 Å². The highest BCUT2D eigenvalue weighted by Gasteiger charge is 2.20. The number of carbonyl (C=O) groups is 1. The Morgan fingerprint density at radius 3 is 2.87 bits per heavy atom. The molecule has 120 valence electrons. The number of aromatic nitrogens is 1. The second kappa shape index (κ2) is 6.16. The molecule has 3 aromatic rings. The molecule has 1 unspecified atom stereocenters. The summed E-state index contributed by atoms with van der Waals surface area (Å²) >= 11 is 1.64. The van der Waals surface area contributed by atoms with Crippen LogP contribution >= 0.6 is 11.3 Å². The van der Waals surface area contributed by atoms with E-state index in [1.54, 1.807) is 22.3 Å². The van der Waals surface area contributed by atoms with Crippen molar-refractivity contribution in [3.8, 4) is 0 Å². The topological polar surface area (TPSA) is 36.1 Å². The lowest BCUT2D eigenvalue weighted by Crippen LogP contribution is -2.30. The quantitative estimate of drug-likeness (QED) is 0.754. The summed E-state index contributed by atoms with van der Waals surface area (Å²) in [6, 6.07) is 8.68. The molecule has 0 radical (unpaired) electrons. The van der Waals surface area contributed by atoms with Gasteiger partial charge in [-0.05, 0) is 49.1 Å². The SMILES string of the molecule is Cc1[nH]c2ccc(F)cc2c1CC(=O)N(C)C(C)c1cccs1. The summed E-state index contributed by atoms with van der Waals surface area (Å²) in [7, 11) is 1.82. The van der Waals surface area contributed by atoms with Crippen LogP contribution in [0.5, 0.6) is 0 Å². The van der Waals surface area contributed by atoms with Crippen LogP contribution in [0.15, 0.2) is 35.7 Å². The number of hydrogen-bond acceptors (Lipinski definition) is 2. The van der Waals surface area contributed by atoms with Gasteiger partial charge in [0.25, 0.3) is 0 Å². The van der Waals surface area contributed by atoms with Gasteiger partial charge in [0.1, 0.15) is 5.82 Å². The Labute approximate surface area is 138 Å². The highest BCUT2D eigenvalue weighted by atomic mass is 32.1.